The van der Waals surface area contributed by atoms with Crippen molar-refractivity contribution in [1.29, 1.82) is 0 Å². The Hall–Kier alpha value is -3.81. The van der Waals surface area contributed by atoms with E-state index in [0.717, 1.165) is 18.9 Å². The summed E-state index contributed by atoms with van der Waals surface area (Å²) >= 11 is 0. The molecule has 1 unspecified atom stereocenters. The van der Waals surface area contributed by atoms with Crippen LogP contribution in [0.2, 0.25) is 0 Å². The molecule has 0 heterocycles. The second-order valence-corrected chi connectivity index (χ2v) is 9.28. The zero-order chi connectivity index (χ0) is 28.0. The van der Waals surface area contributed by atoms with Crippen molar-refractivity contribution in [3.8, 4) is 16.9 Å². The van der Waals surface area contributed by atoms with E-state index in [4.69, 9.17) is 11.2 Å². The van der Waals surface area contributed by atoms with Gasteiger partial charge >= 0.3 is 12.1 Å². The summed E-state index contributed by atoms with van der Waals surface area (Å²) in [7, 11) is 0. The van der Waals surface area contributed by atoms with Crippen LogP contribution in [0.5, 0.6) is 5.75 Å². The fraction of sp³-hybridized carbons (Fsp3) is 0.333. The van der Waals surface area contributed by atoms with Crippen LogP contribution in [0, 0.1) is 0 Å². The predicted molar refractivity (Wildman–Crippen MR) is 138 cm³/mol. The molecule has 1 aliphatic rings. The van der Waals surface area contributed by atoms with Crippen LogP contribution in [-0.4, -0.2) is 34.5 Å². The zero-order valence-corrected chi connectivity index (χ0v) is 20.8. The molecule has 8 heteroatoms. The third-order valence-corrected chi connectivity index (χ3v) is 6.34. The topological polar surface area (TPSA) is 66.8 Å². The van der Waals surface area contributed by atoms with Crippen molar-refractivity contribution >= 4 is 11.9 Å². The van der Waals surface area contributed by atoms with Gasteiger partial charge in [0.05, 0.1) is 13.5 Å². The second-order valence-electron chi connectivity index (χ2n) is 9.28. The normalized spacial score (nSPS) is 14.4. The molecular formula is C30H30F3NO4. The first-order valence-electron chi connectivity index (χ1n) is 13.2. The first-order valence-corrected chi connectivity index (χ1v) is 12.6. The molecule has 1 N–H and O–H groups in total. The minimum atomic E-state index is -4.50. The Morgan fingerprint density at radius 1 is 0.947 bits per heavy atom. The Morgan fingerprint density at radius 3 is 2.32 bits per heavy atom. The summed E-state index contributed by atoms with van der Waals surface area (Å²) in [5.41, 5.74) is 0.481. The standard InChI is InChI=1S/C30H30F3NO4/c31-30(32,33)26-10-5-4-9-25(26)21-13-15-22(16-14-21)29(37)34(24-17-18-24)20-23-8-3-6-11-27(23)38-19-7-1-2-12-28(35)36/h3-6,8-11,13-16,24H,1-2,7,12,17-20H2,(H,35,36)/i20D. The molecule has 3 aromatic rings. The summed E-state index contributed by atoms with van der Waals surface area (Å²) in [5.74, 6) is -0.700. The van der Waals surface area contributed by atoms with Crippen LogP contribution < -0.4 is 4.74 Å². The number of unbranched alkanes of at least 4 members (excludes halogenated alkanes) is 2. The molecular weight excluding hydrogens is 495 g/mol. The van der Waals surface area contributed by atoms with Crippen molar-refractivity contribution < 1.29 is 34.0 Å². The third kappa shape index (κ3) is 7.15. The van der Waals surface area contributed by atoms with Gasteiger partial charge in [-0.05, 0) is 67.5 Å². The van der Waals surface area contributed by atoms with E-state index < -0.39 is 24.2 Å². The number of alkyl halides is 3. The highest BCUT2D eigenvalue weighted by molar-refractivity contribution is 5.95. The van der Waals surface area contributed by atoms with Crippen LogP contribution in [0.15, 0.2) is 72.8 Å². The van der Waals surface area contributed by atoms with E-state index in [0.29, 0.717) is 48.3 Å². The molecule has 4 rings (SSSR count). The summed E-state index contributed by atoms with van der Waals surface area (Å²) in [6.07, 6.45) is -0.921. The number of benzene rings is 3. The molecule has 5 nitrogen and oxygen atoms in total. The highest BCUT2D eigenvalue weighted by atomic mass is 19.4. The largest absolute Gasteiger partial charge is 0.493 e. The van der Waals surface area contributed by atoms with E-state index in [1.54, 1.807) is 30.3 Å². The van der Waals surface area contributed by atoms with Crippen molar-refractivity contribution in [1.82, 2.24) is 4.90 Å². The van der Waals surface area contributed by atoms with Crippen LogP contribution >= 0.6 is 0 Å². The van der Waals surface area contributed by atoms with Crippen LogP contribution in [0.25, 0.3) is 11.1 Å². The smallest absolute Gasteiger partial charge is 0.417 e. The first-order chi connectivity index (χ1) is 18.7. The number of carbonyl (C=O) groups excluding carboxylic acids is 1. The first kappa shape index (κ1) is 25.8. The number of hydrogen-bond donors (Lipinski definition) is 1. The van der Waals surface area contributed by atoms with Gasteiger partial charge < -0.3 is 14.7 Å². The van der Waals surface area contributed by atoms with Gasteiger partial charge in [0.15, 0.2) is 0 Å². The van der Waals surface area contributed by atoms with Gasteiger partial charge in [-0.15, -0.1) is 0 Å². The van der Waals surface area contributed by atoms with Gasteiger partial charge in [-0.2, -0.15) is 13.2 Å². The molecule has 0 bridgehead atoms. The number of carboxylic acid groups (broad SMARTS) is 1. The number of amides is 1. The number of nitrogens with zero attached hydrogens (tertiary/aromatic N) is 1. The fourth-order valence-electron chi connectivity index (χ4n) is 4.21. The van der Waals surface area contributed by atoms with Gasteiger partial charge in [0.25, 0.3) is 5.91 Å². The molecule has 0 radical (unpaired) electrons. The number of rotatable bonds is 12. The summed E-state index contributed by atoms with van der Waals surface area (Å²) in [5, 5.41) is 8.76. The predicted octanol–water partition coefficient (Wildman–Crippen LogP) is 7.20. The maximum atomic E-state index is 13.6. The average Bonchev–Trinajstić information content (AvgIpc) is 3.75. The molecule has 0 aromatic heterocycles. The molecule has 1 saturated carbocycles. The molecule has 38 heavy (non-hydrogen) atoms. The average molecular weight is 527 g/mol. The number of para-hydroxylation sites is 1. The van der Waals surface area contributed by atoms with Crippen LogP contribution in [0.3, 0.4) is 0 Å². The van der Waals surface area contributed by atoms with Crippen LogP contribution in [0.4, 0.5) is 13.2 Å². The maximum Gasteiger partial charge on any atom is 0.417 e. The summed E-state index contributed by atoms with van der Waals surface area (Å²) < 4.78 is 55.3. The van der Waals surface area contributed by atoms with E-state index in [2.05, 4.69) is 0 Å². The van der Waals surface area contributed by atoms with Crippen LogP contribution in [0.1, 0.15) is 61.4 Å². The maximum absolute atomic E-state index is 13.6. The van der Waals surface area contributed by atoms with Gasteiger partial charge in [0.2, 0.25) is 0 Å². The lowest BCUT2D eigenvalue weighted by Gasteiger charge is -2.24. The Balaban J connectivity index is 1.49. The number of hydrogen-bond acceptors (Lipinski definition) is 3. The summed E-state index contributed by atoms with van der Waals surface area (Å²) in [6.45, 7) is -0.666. The molecule has 1 amide bonds. The number of halogens is 3. The quantitative estimate of drug-likeness (QED) is 0.254. The molecule has 1 aliphatic carbocycles. The second kappa shape index (κ2) is 12.2. The van der Waals surface area contributed by atoms with Crippen molar-refractivity contribution in [2.75, 3.05) is 6.61 Å². The van der Waals surface area contributed by atoms with E-state index in [1.807, 2.05) is 0 Å². The fourth-order valence-corrected chi connectivity index (χ4v) is 4.21. The number of carboxylic acids is 1. The number of carbonyl (C=O) groups is 2. The van der Waals surface area contributed by atoms with E-state index >= 15 is 0 Å². The third-order valence-electron chi connectivity index (χ3n) is 6.34. The van der Waals surface area contributed by atoms with Gasteiger partial charge in [-0.1, -0.05) is 48.5 Å². The Labute approximate surface area is 221 Å². The minimum Gasteiger partial charge on any atom is -0.493 e. The van der Waals surface area contributed by atoms with Gasteiger partial charge in [0, 0.05) is 30.1 Å². The SMILES string of the molecule is [2H]C(c1ccccc1OCCCCCC(=O)O)N(C(=O)c1ccc(-c2ccccc2C(F)(F)F)cc1)C1CC1. The lowest BCUT2D eigenvalue weighted by atomic mass is 9.98. The highest BCUT2D eigenvalue weighted by Crippen LogP contribution is 2.37. The van der Waals surface area contributed by atoms with Crippen molar-refractivity contribution in [2.24, 2.45) is 0 Å². The Bertz CT molecular complexity index is 1290. The zero-order valence-electron chi connectivity index (χ0n) is 21.8. The molecule has 3 aromatic carbocycles. The van der Waals surface area contributed by atoms with E-state index in [1.165, 1.54) is 41.3 Å². The highest BCUT2D eigenvalue weighted by Gasteiger charge is 2.35. The van der Waals surface area contributed by atoms with Gasteiger partial charge in [-0.25, -0.2) is 0 Å². The lowest BCUT2D eigenvalue weighted by molar-refractivity contribution is -0.138. The molecule has 0 spiro atoms. The monoisotopic (exact) mass is 526 g/mol. The molecule has 200 valence electrons. The molecule has 0 saturated heterocycles. The molecule has 1 fully saturated rings. The van der Waals surface area contributed by atoms with E-state index in [-0.39, 0.29) is 23.9 Å². The molecule has 0 aliphatic heterocycles. The molecule has 1 atom stereocenters. The van der Waals surface area contributed by atoms with Crippen molar-refractivity contribution in [3.63, 3.8) is 0 Å². The Kier molecular flexibility index (Phi) is 8.26. The number of ether oxygens (including phenoxy) is 1. The summed E-state index contributed by atoms with van der Waals surface area (Å²) in [6, 6.07) is 18.3. The van der Waals surface area contributed by atoms with Crippen molar-refractivity contribution in [2.45, 2.75) is 57.3 Å². The van der Waals surface area contributed by atoms with Gasteiger partial charge in [0.1, 0.15) is 5.75 Å². The Morgan fingerprint density at radius 2 is 1.63 bits per heavy atom. The minimum absolute atomic E-state index is 0.0375. The van der Waals surface area contributed by atoms with Crippen molar-refractivity contribution in [3.05, 3.63) is 89.5 Å². The van der Waals surface area contributed by atoms with Crippen LogP contribution in [-0.2, 0) is 17.5 Å². The number of aliphatic carboxylic acids is 1. The van der Waals surface area contributed by atoms with E-state index in [9.17, 15) is 22.8 Å². The van der Waals surface area contributed by atoms with Gasteiger partial charge in [-0.3, -0.25) is 9.59 Å². The lowest BCUT2D eigenvalue weighted by Crippen LogP contribution is -2.32. The summed E-state index contributed by atoms with van der Waals surface area (Å²) in [4.78, 5) is 25.7.